The Morgan fingerprint density at radius 2 is 2.08 bits per heavy atom. The summed E-state index contributed by atoms with van der Waals surface area (Å²) in [5.41, 5.74) is 1.10. The Bertz CT molecular complexity index is 632. The highest BCUT2D eigenvalue weighted by Crippen LogP contribution is 2.22. The molecule has 26 heavy (non-hydrogen) atoms. The maximum Gasteiger partial charge on any atom is 0.191 e. The highest BCUT2D eigenvalue weighted by molar-refractivity contribution is 7.18. The van der Waals surface area contributed by atoms with Crippen LogP contribution in [0, 0.1) is 5.92 Å². The van der Waals surface area contributed by atoms with Crippen molar-refractivity contribution in [1.29, 1.82) is 0 Å². The number of benzene rings is 1. The van der Waals surface area contributed by atoms with Crippen molar-refractivity contribution in [2.75, 3.05) is 26.2 Å². The third-order valence-corrected chi connectivity index (χ3v) is 5.38. The monoisotopic (exact) mass is 376 g/mol. The van der Waals surface area contributed by atoms with Gasteiger partial charge in [-0.25, -0.2) is 4.98 Å². The summed E-state index contributed by atoms with van der Waals surface area (Å²) in [6.45, 7) is 6.99. The molecule has 144 valence electrons. The van der Waals surface area contributed by atoms with Gasteiger partial charge in [-0.15, -0.1) is 11.3 Å². The van der Waals surface area contributed by atoms with Crippen molar-refractivity contribution in [2.45, 2.75) is 46.0 Å². The van der Waals surface area contributed by atoms with Crippen molar-refractivity contribution in [3.8, 4) is 0 Å². The van der Waals surface area contributed by atoms with Crippen LogP contribution in [0.3, 0.4) is 0 Å². The highest BCUT2D eigenvalue weighted by Gasteiger charge is 2.07. The predicted molar refractivity (Wildman–Crippen MR) is 112 cm³/mol. The Morgan fingerprint density at radius 1 is 1.23 bits per heavy atom. The maximum atomic E-state index is 9.18. The summed E-state index contributed by atoms with van der Waals surface area (Å²) in [5.74, 6) is 1.33. The molecule has 1 atom stereocenters. The number of hydrogen-bond acceptors (Lipinski definition) is 4. The normalized spacial score (nSPS) is 13.1. The van der Waals surface area contributed by atoms with E-state index in [0.29, 0.717) is 5.92 Å². The first-order valence-electron chi connectivity index (χ1n) is 9.74. The first-order chi connectivity index (χ1) is 12.8. The fraction of sp³-hybridized carbons (Fsp3) is 0.600. The molecular weight excluding hydrogens is 344 g/mol. The minimum atomic E-state index is 0.242. The molecule has 1 aromatic heterocycles. The second-order valence-electron chi connectivity index (χ2n) is 6.49. The molecular formula is C20H32N4OS. The number of aliphatic hydroxyl groups is 1. The zero-order valence-corrected chi connectivity index (χ0v) is 16.8. The molecule has 0 amide bonds. The molecule has 2 aromatic rings. The van der Waals surface area contributed by atoms with Crippen LogP contribution >= 0.6 is 11.3 Å². The lowest BCUT2D eigenvalue weighted by Crippen LogP contribution is -2.38. The number of fused-ring (bicyclic) bond motifs is 1. The van der Waals surface area contributed by atoms with E-state index in [0.717, 1.165) is 63.2 Å². The van der Waals surface area contributed by atoms with Crippen LogP contribution in [-0.2, 0) is 6.42 Å². The Hall–Kier alpha value is -1.66. The quantitative estimate of drug-likeness (QED) is 0.318. The third kappa shape index (κ3) is 6.92. The molecule has 0 aliphatic carbocycles. The van der Waals surface area contributed by atoms with E-state index in [1.54, 1.807) is 11.3 Å². The fourth-order valence-electron chi connectivity index (χ4n) is 2.95. The van der Waals surface area contributed by atoms with Gasteiger partial charge in [-0.2, -0.15) is 0 Å². The third-order valence-electron chi connectivity index (χ3n) is 4.28. The molecule has 0 saturated heterocycles. The van der Waals surface area contributed by atoms with Gasteiger partial charge < -0.3 is 15.7 Å². The lowest BCUT2D eigenvalue weighted by molar-refractivity contribution is 0.253. The van der Waals surface area contributed by atoms with E-state index in [1.165, 1.54) is 9.71 Å². The van der Waals surface area contributed by atoms with Gasteiger partial charge in [-0.3, -0.25) is 4.99 Å². The number of aryl methyl sites for hydroxylation is 1. The van der Waals surface area contributed by atoms with Gasteiger partial charge in [0.15, 0.2) is 5.96 Å². The van der Waals surface area contributed by atoms with E-state index in [1.807, 2.05) is 6.07 Å². The standard InChI is InChI=1S/C20H32N4OS/c1-3-8-16(12-14-25)15-23-20(21-4-2)22-13-7-11-19-24-17-9-5-6-10-18(17)26-19/h5-6,9-10,16,25H,3-4,7-8,11-15H2,1-2H3,(H2,21,22,23). The second kappa shape index (κ2) is 11.9. The molecule has 0 radical (unpaired) electrons. The van der Waals surface area contributed by atoms with Gasteiger partial charge >= 0.3 is 0 Å². The van der Waals surface area contributed by atoms with Crippen LogP contribution in [-0.4, -0.2) is 42.3 Å². The summed E-state index contributed by atoms with van der Waals surface area (Å²) >= 11 is 1.78. The van der Waals surface area contributed by atoms with Crippen LogP contribution in [0.5, 0.6) is 0 Å². The summed E-state index contributed by atoms with van der Waals surface area (Å²) in [6.07, 6.45) is 5.08. The molecule has 0 bridgehead atoms. The summed E-state index contributed by atoms with van der Waals surface area (Å²) < 4.78 is 1.26. The largest absolute Gasteiger partial charge is 0.396 e. The number of aliphatic hydroxyl groups excluding tert-OH is 1. The van der Waals surface area contributed by atoms with Gasteiger partial charge in [0.1, 0.15) is 0 Å². The Kier molecular flexibility index (Phi) is 9.42. The van der Waals surface area contributed by atoms with Crippen LogP contribution in [0.15, 0.2) is 29.3 Å². The molecule has 1 aromatic carbocycles. The number of para-hydroxylation sites is 1. The Balaban J connectivity index is 1.78. The summed E-state index contributed by atoms with van der Waals surface area (Å²) in [5, 5.41) is 17.1. The molecule has 3 N–H and O–H groups in total. The molecule has 0 fully saturated rings. The van der Waals surface area contributed by atoms with Gasteiger partial charge in [0, 0.05) is 32.7 Å². The van der Waals surface area contributed by atoms with E-state index in [9.17, 15) is 5.11 Å². The highest BCUT2D eigenvalue weighted by atomic mass is 32.1. The van der Waals surface area contributed by atoms with Gasteiger partial charge in [-0.1, -0.05) is 25.5 Å². The van der Waals surface area contributed by atoms with Crippen molar-refractivity contribution in [3.05, 3.63) is 29.3 Å². The van der Waals surface area contributed by atoms with Crippen molar-refractivity contribution in [3.63, 3.8) is 0 Å². The number of hydrogen-bond donors (Lipinski definition) is 3. The van der Waals surface area contributed by atoms with Crippen molar-refractivity contribution in [1.82, 2.24) is 15.6 Å². The average molecular weight is 377 g/mol. The predicted octanol–water partition coefficient (Wildman–Crippen LogP) is 3.58. The van der Waals surface area contributed by atoms with Gasteiger partial charge in [-0.05, 0) is 44.2 Å². The topological polar surface area (TPSA) is 69.5 Å². The average Bonchev–Trinajstić information content (AvgIpc) is 3.06. The van der Waals surface area contributed by atoms with Crippen LogP contribution in [0.25, 0.3) is 10.2 Å². The number of aromatic nitrogens is 1. The van der Waals surface area contributed by atoms with Crippen molar-refractivity contribution in [2.24, 2.45) is 10.9 Å². The first kappa shape index (κ1) is 20.6. The number of aliphatic imine (C=N–C) groups is 1. The lowest BCUT2D eigenvalue weighted by atomic mass is 10.0. The molecule has 0 spiro atoms. The maximum absolute atomic E-state index is 9.18. The molecule has 5 nitrogen and oxygen atoms in total. The number of guanidine groups is 1. The summed E-state index contributed by atoms with van der Waals surface area (Å²) in [6, 6.07) is 8.30. The lowest BCUT2D eigenvalue weighted by Gasteiger charge is -2.15. The van der Waals surface area contributed by atoms with E-state index in [4.69, 9.17) is 4.99 Å². The molecule has 0 aliphatic rings. The van der Waals surface area contributed by atoms with Crippen LogP contribution < -0.4 is 10.6 Å². The molecule has 1 heterocycles. The van der Waals surface area contributed by atoms with E-state index in [2.05, 4.69) is 47.7 Å². The smallest absolute Gasteiger partial charge is 0.191 e. The van der Waals surface area contributed by atoms with Crippen LogP contribution in [0.4, 0.5) is 0 Å². The van der Waals surface area contributed by atoms with Gasteiger partial charge in [0.2, 0.25) is 0 Å². The zero-order chi connectivity index (χ0) is 18.6. The van der Waals surface area contributed by atoms with E-state index < -0.39 is 0 Å². The first-order valence-corrected chi connectivity index (χ1v) is 10.6. The van der Waals surface area contributed by atoms with Crippen LogP contribution in [0.2, 0.25) is 0 Å². The van der Waals surface area contributed by atoms with Crippen molar-refractivity contribution < 1.29 is 5.11 Å². The molecule has 6 heteroatoms. The Labute approximate surface area is 161 Å². The number of thiazole rings is 1. The van der Waals surface area contributed by atoms with Crippen LogP contribution in [0.1, 0.15) is 44.5 Å². The van der Waals surface area contributed by atoms with E-state index in [-0.39, 0.29) is 6.61 Å². The number of rotatable bonds is 11. The summed E-state index contributed by atoms with van der Waals surface area (Å²) in [4.78, 5) is 9.39. The number of nitrogens with one attached hydrogen (secondary N) is 2. The SMILES string of the molecule is CCCC(CCO)CN=C(NCC)NCCCc1nc2ccccc2s1. The second-order valence-corrected chi connectivity index (χ2v) is 7.61. The Morgan fingerprint density at radius 3 is 2.81 bits per heavy atom. The molecule has 1 unspecified atom stereocenters. The molecule has 0 saturated carbocycles. The van der Waals surface area contributed by atoms with Gasteiger partial charge in [0.05, 0.1) is 15.2 Å². The molecule has 2 rings (SSSR count). The zero-order valence-electron chi connectivity index (χ0n) is 16.0. The minimum absolute atomic E-state index is 0.242. The number of nitrogens with zero attached hydrogens (tertiary/aromatic N) is 2. The minimum Gasteiger partial charge on any atom is -0.396 e. The van der Waals surface area contributed by atoms with Gasteiger partial charge in [0.25, 0.3) is 0 Å². The molecule has 0 aliphatic heterocycles. The van der Waals surface area contributed by atoms with Crippen molar-refractivity contribution >= 4 is 27.5 Å². The fourth-order valence-corrected chi connectivity index (χ4v) is 3.96. The van der Waals surface area contributed by atoms with E-state index >= 15 is 0 Å². The summed E-state index contributed by atoms with van der Waals surface area (Å²) in [7, 11) is 0.